The number of fused-ring (bicyclic) bond motifs is 1. The third kappa shape index (κ3) is 3.85. The molecule has 0 unspecified atom stereocenters. The zero-order valence-electron chi connectivity index (χ0n) is 16.3. The highest BCUT2D eigenvalue weighted by Crippen LogP contribution is 2.43. The Bertz CT molecular complexity index is 1030. The van der Waals surface area contributed by atoms with Crippen LogP contribution in [0.15, 0.2) is 53.1 Å². The summed E-state index contributed by atoms with van der Waals surface area (Å²) in [5.41, 5.74) is 1.36. The SMILES string of the molecule is CN(C)c1ccc(NC(=O)c2cc3n(n2)[C@H](C(F)(F)F)C[C@H](c2ccco2)N3)cc1. The topological polar surface area (TPSA) is 75.3 Å². The minimum Gasteiger partial charge on any atom is -0.467 e. The van der Waals surface area contributed by atoms with Crippen LogP contribution in [0, 0.1) is 0 Å². The number of alkyl halides is 3. The highest BCUT2D eigenvalue weighted by Gasteiger charge is 2.47. The van der Waals surface area contributed by atoms with E-state index in [9.17, 15) is 18.0 Å². The Hall–Kier alpha value is -3.43. The fraction of sp³-hybridized carbons (Fsp3) is 0.300. The molecule has 3 heterocycles. The Kier molecular flexibility index (Phi) is 4.92. The summed E-state index contributed by atoms with van der Waals surface area (Å²) >= 11 is 0. The van der Waals surface area contributed by atoms with Crippen LogP contribution in [0.2, 0.25) is 0 Å². The Morgan fingerprint density at radius 2 is 2.00 bits per heavy atom. The molecule has 0 bridgehead atoms. The quantitative estimate of drug-likeness (QED) is 0.653. The smallest absolute Gasteiger partial charge is 0.410 e. The molecule has 0 fully saturated rings. The van der Waals surface area contributed by atoms with Gasteiger partial charge in [-0.15, -0.1) is 0 Å². The minimum absolute atomic E-state index is 0.108. The molecule has 0 aliphatic carbocycles. The summed E-state index contributed by atoms with van der Waals surface area (Å²) in [6.07, 6.45) is -3.41. The van der Waals surface area contributed by atoms with Gasteiger partial charge in [0.1, 0.15) is 11.6 Å². The number of hydrogen-bond acceptors (Lipinski definition) is 5. The van der Waals surface area contributed by atoms with Crippen LogP contribution in [-0.2, 0) is 0 Å². The van der Waals surface area contributed by atoms with E-state index in [2.05, 4.69) is 15.7 Å². The van der Waals surface area contributed by atoms with Crippen LogP contribution in [0.3, 0.4) is 0 Å². The number of nitrogens with zero attached hydrogens (tertiary/aromatic N) is 3. The molecule has 2 aromatic heterocycles. The van der Waals surface area contributed by atoms with E-state index in [-0.39, 0.29) is 17.9 Å². The number of nitrogens with one attached hydrogen (secondary N) is 2. The number of anilines is 3. The van der Waals surface area contributed by atoms with Crippen LogP contribution in [0.4, 0.5) is 30.4 Å². The van der Waals surface area contributed by atoms with Crippen molar-refractivity contribution in [2.45, 2.75) is 24.7 Å². The van der Waals surface area contributed by atoms with E-state index >= 15 is 0 Å². The van der Waals surface area contributed by atoms with Gasteiger partial charge in [0, 0.05) is 38.0 Å². The lowest BCUT2D eigenvalue weighted by Gasteiger charge is -2.32. The number of hydrogen-bond donors (Lipinski definition) is 2. The molecule has 1 aliphatic heterocycles. The van der Waals surface area contributed by atoms with E-state index in [4.69, 9.17) is 4.42 Å². The summed E-state index contributed by atoms with van der Waals surface area (Å²) < 4.78 is 47.1. The van der Waals surface area contributed by atoms with Gasteiger partial charge in [-0.2, -0.15) is 18.3 Å². The zero-order valence-corrected chi connectivity index (χ0v) is 16.3. The summed E-state index contributed by atoms with van der Waals surface area (Å²) in [6.45, 7) is 0. The van der Waals surface area contributed by atoms with Gasteiger partial charge < -0.3 is 20.0 Å². The van der Waals surface area contributed by atoms with Crippen LogP contribution in [0.5, 0.6) is 0 Å². The maximum Gasteiger partial charge on any atom is 0.410 e. The standard InChI is InChI=1S/C20H20F3N5O2/c1-27(2)13-7-5-12(6-8-13)24-19(29)15-11-18-25-14(16-4-3-9-30-16)10-17(20(21,22)23)28(18)26-15/h3-9,11,14,17,25H,10H2,1-2H3,(H,24,29)/t14-,17+/m1/s1. The monoisotopic (exact) mass is 419 g/mol. The van der Waals surface area contributed by atoms with E-state index in [1.807, 2.05) is 31.1 Å². The molecule has 158 valence electrons. The summed E-state index contributed by atoms with van der Waals surface area (Å²) in [6, 6.07) is 9.08. The molecule has 3 aromatic rings. The maximum atomic E-state index is 13.7. The first-order chi connectivity index (χ1) is 14.2. The Morgan fingerprint density at radius 1 is 1.27 bits per heavy atom. The number of benzene rings is 1. The molecule has 1 aromatic carbocycles. The Morgan fingerprint density at radius 3 is 2.60 bits per heavy atom. The normalized spacial score (nSPS) is 18.4. The van der Waals surface area contributed by atoms with Crippen molar-refractivity contribution in [1.82, 2.24) is 9.78 Å². The molecular weight excluding hydrogens is 399 g/mol. The molecule has 0 spiro atoms. The number of halogens is 3. The predicted octanol–water partition coefficient (Wildman–Crippen LogP) is 4.45. The van der Waals surface area contributed by atoms with Gasteiger partial charge in [-0.05, 0) is 36.4 Å². The second-order valence-electron chi connectivity index (χ2n) is 7.26. The van der Waals surface area contributed by atoms with E-state index in [0.717, 1.165) is 10.4 Å². The Balaban J connectivity index is 1.59. The number of carbonyl (C=O) groups is 1. The summed E-state index contributed by atoms with van der Waals surface area (Å²) in [5.74, 6) is -0.0893. The first kappa shape index (κ1) is 19.9. The van der Waals surface area contributed by atoms with Gasteiger partial charge in [-0.25, -0.2) is 4.68 Å². The van der Waals surface area contributed by atoms with E-state index in [1.165, 1.54) is 12.3 Å². The molecule has 2 atom stereocenters. The number of carbonyl (C=O) groups excluding carboxylic acids is 1. The van der Waals surface area contributed by atoms with Crippen molar-refractivity contribution < 1.29 is 22.4 Å². The fourth-order valence-corrected chi connectivity index (χ4v) is 3.40. The Labute approximate surface area is 170 Å². The van der Waals surface area contributed by atoms with Gasteiger partial charge in [-0.3, -0.25) is 4.79 Å². The van der Waals surface area contributed by atoms with Gasteiger partial charge in [0.05, 0.1) is 12.3 Å². The van der Waals surface area contributed by atoms with Gasteiger partial charge >= 0.3 is 6.18 Å². The molecule has 0 saturated carbocycles. The van der Waals surface area contributed by atoms with E-state index in [0.29, 0.717) is 11.4 Å². The van der Waals surface area contributed by atoms with Gasteiger partial charge in [0.2, 0.25) is 0 Å². The number of furan rings is 1. The number of amides is 1. The van der Waals surface area contributed by atoms with Crippen molar-refractivity contribution in [2.24, 2.45) is 0 Å². The average molecular weight is 419 g/mol. The van der Waals surface area contributed by atoms with Crippen LogP contribution >= 0.6 is 0 Å². The number of aromatic nitrogens is 2. The minimum atomic E-state index is -4.52. The molecular formula is C20H20F3N5O2. The largest absolute Gasteiger partial charge is 0.467 e. The fourth-order valence-electron chi connectivity index (χ4n) is 3.40. The highest BCUT2D eigenvalue weighted by atomic mass is 19.4. The van der Waals surface area contributed by atoms with Crippen molar-refractivity contribution >= 4 is 23.1 Å². The van der Waals surface area contributed by atoms with Gasteiger partial charge in [-0.1, -0.05) is 0 Å². The summed E-state index contributed by atoms with van der Waals surface area (Å²) in [5, 5.41) is 9.59. The maximum absolute atomic E-state index is 13.7. The lowest BCUT2D eigenvalue weighted by Crippen LogP contribution is -2.35. The first-order valence-corrected chi connectivity index (χ1v) is 9.27. The highest BCUT2D eigenvalue weighted by molar-refractivity contribution is 6.03. The van der Waals surface area contributed by atoms with Crippen molar-refractivity contribution in [3.05, 3.63) is 60.2 Å². The zero-order chi connectivity index (χ0) is 21.5. The molecule has 10 heteroatoms. The molecule has 1 amide bonds. The first-order valence-electron chi connectivity index (χ1n) is 9.27. The van der Waals surface area contributed by atoms with Crippen LogP contribution < -0.4 is 15.5 Å². The molecule has 1 aliphatic rings. The molecule has 2 N–H and O–H groups in total. The lowest BCUT2D eigenvalue weighted by molar-refractivity contribution is -0.174. The van der Waals surface area contributed by atoms with Crippen LogP contribution in [0.25, 0.3) is 0 Å². The molecule has 4 rings (SSSR count). The van der Waals surface area contributed by atoms with Gasteiger partial charge in [0.25, 0.3) is 5.91 Å². The van der Waals surface area contributed by atoms with Crippen molar-refractivity contribution in [2.75, 3.05) is 29.6 Å². The third-order valence-corrected chi connectivity index (χ3v) is 4.95. The molecule has 0 radical (unpaired) electrons. The average Bonchev–Trinajstić information content (AvgIpc) is 3.36. The second kappa shape index (κ2) is 7.43. The van der Waals surface area contributed by atoms with Crippen LogP contribution in [0.1, 0.15) is 34.8 Å². The van der Waals surface area contributed by atoms with Crippen molar-refractivity contribution in [1.29, 1.82) is 0 Å². The predicted molar refractivity (Wildman–Crippen MR) is 106 cm³/mol. The second-order valence-corrected chi connectivity index (χ2v) is 7.26. The molecule has 30 heavy (non-hydrogen) atoms. The summed E-state index contributed by atoms with van der Waals surface area (Å²) in [4.78, 5) is 14.5. The van der Waals surface area contributed by atoms with Crippen LogP contribution in [-0.4, -0.2) is 36.0 Å². The van der Waals surface area contributed by atoms with Crippen molar-refractivity contribution in [3.8, 4) is 0 Å². The molecule has 0 saturated heterocycles. The van der Waals surface area contributed by atoms with Crippen molar-refractivity contribution in [3.63, 3.8) is 0 Å². The number of rotatable bonds is 4. The van der Waals surface area contributed by atoms with E-state index < -0.39 is 24.2 Å². The lowest BCUT2D eigenvalue weighted by atomic mass is 10.0. The van der Waals surface area contributed by atoms with E-state index in [1.54, 1.807) is 24.3 Å². The summed E-state index contributed by atoms with van der Waals surface area (Å²) in [7, 11) is 3.78. The third-order valence-electron chi connectivity index (χ3n) is 4.95. The van der Waals surface area contributed by atoms with Gasteiger partial charge in [0.15, 0.2) is 11.7 Å². The molecule has 7 nitrogen and oxygen atoms in total.